The highest BCUT2D eigenvalue weighted by Crippen LogP contribution is 2.37. The normalized spacial score (nSPS) is 13.0. The molecule has 0 aliphatic carbocycles. The van der Waals surface area contributed by atoms with Gasteiger partial charge in [-0.15, -0.1) is 0 Å². The second-order valence-corrected chi connectivity index (χ2v) is 4.55. The maximum atomic E-state index is 11.9. The molecule has 4 rings (SSSR count). The van der Waals surface area contributed by atoms with Gasteiger partial charge >= 0.3 is 0 Å². The van der Waals surface area contributed by atoms with Crippen LogP contribution in [0.3, 0.4) is 0 Å². The van der Waals surface area contributed by atoms with Crippen molar-refractivity contribution in [3.05, 3.63) is 42.1 Å². The molecule has 0 atom stereocenters. The van der Waals surface area contributed by atoms with Crippen LogP contribution in [0.4, 0.5) is 5.69 Å². The van der Waals surface area contributed by atoms with Gasteiger partial charge in [0.15, 0.2) is 0 Å². The quantitative estimate of drug-likeness (QED) is 0.675. The molecule has 0 radical (unpaired) electrons. The molecule has 1 N–H and O–H groups in total. The number of nitrogens with zero attached hydrogens (tertiary/aromatic N) is 1. The summed E-state index contributed by atoms with van der Waals surface area (Å²) in [5, 5.41) is 5.86. The minimum atomic E-state index is -0.0641. The number of fused-ring (bicyclic) bond motifs is 2. The first-order valence-corrected chi connectivity index (χ1v) is 5.99. The predicted molar refractivity (Wildman–Crippen MR) is 73.8 cm³/mol. The smallest absolute Gasteiger partial charge is 0.256 e. The lowest BCUT2D eigenvalue weighted by Gasteiger charge is -2.06. The van der Waals surface area contributed by atoms with Gasteiger partial charge in [-0.1, -0.05) is 12.1 Å². The zero-order valence-corrected chi connectivity index (χ0v) is 10.2. The molecule has 2 aromatic carbocycles. The van der Waals surface area contributed by atoms with Gasteiger partial charge in [0.05, 0.1) is 24.4 Å². The fourth-order valence-corrected chi connectivity index (χ4v) is 2.65. The standard InChI is InChI=1S/C15H10N2O2/c1-19-8-5-10-9-3-2-4-12-14(9)11(15(18)17-12)6-13(10)16-7-8/h2-7H,1H3,(H,17,18). The molecule has 1 aliphatic heterocycles. The molecule has 4 nitrogen and oxygen atoms in total. The summed E-state index contributed by atoms with van der Waals surface area (Å²) in [7, 11) is 1.62. The monoisotopic (exact) mass is 250 g/mol. The molecule has 4 heteroatoms. The average Bonchev–Trinajstić information content (AvgIpc) is 2.76. The summed E-state index contributed by atoms with van der Waals surface area (Å²) in [5.74, 6) is 0.649. The lowest BCUT2D eigenvalue weighted by molar-refractivity contribution is 0.103. The summed E-state index contributed by atoms with van der Waals surface area (Å²) in [5.41, 5.74) is 2.36. The average molecular weight is 250 g/mol. The van der Waals surface area contributed by atoms with Gasteiger partial charge in [0.1, 0.15) is 5.75 Å². The van der Waals surface area contributed by atoms with Crippen LogP contribution in [0.1, 0.15) is 10.4 Å². The Hall–Kier alpha value is -2.62. The number of ether oxygens (including phenoxy) is 1. The number of pyridine rings is 1. The van der Waals surface area contributed by atoms with Crippen molar-refractivity contribution in [1.82, 2.24) is 4.98 Å². The first-order chi connectivity index (χ1) is 9.28. The largest absolute Gasteiger partial charge is 0.495 e. The number of carbonyl (C=O) groups is 1. The molecule has 0 unspecified atom stereocenters. The Labute approximate surface area is 109 Å². The van der Waals surface area contributed by atoms with E-state index >= 15 is 0 Å². The van der Waals surface area contributed by atoms with Crippen LogP contribution in [-0.2, 0) is 0 Å². The van der Waals surface area contributed by atoms with Crippen LogP contribution in [0.5, 0.6) is 5.75 Å². The number of anilines is 1. The van der Waals surface area contributed by atoms with Gasteiger partial charge in [-0.2, -0.15) is 0 Å². The van der Waals surface area contributed by atoms with Crippen LogP contribution in [0.25, 0.3) is 21.7 Å². The summed E-state index contributed by atoms with van der Waals surface area (Å²) in [6.45, 7) is 0. The van der Waals surface area contributed by atoms with E-state index in [4.69, 9.17) is 4.74 Å². The Morgan fingerprint density at radius 2 is 2.11 bits per heavy atom. The third kappa shape index (κ3) is 1.28. The molecule has 19 heavy (non-hydrogen) atoms. The van der Waals surface area contributed by atoms with Gasteiger partial charge in [-0.05, 0) is 23.6 Å². The Bertz CT molecular complexity index is 856. The van der Waals surface area contributed by atoms with Gasteiger partial charge in [-0.3, -0.25) is 9.78 Å². The maximum Gasteiger partial charge on any atom is 0.256 e. The van der Waals surface area contributed by atoms with E-state index in [-0.39, 0.29) is 5.91 Å². The van der Waals surface area contributed by atoms with Crippen molar-refractivity contribution in [1.29, 1.82) is 0 Å². The number of methoxy groups -OCH3 is 1. The van der Waals surface area contributed by atoms with Crippen LogP contribution in [0.15, 0.2) is 36.5 Å². The molecule has 92 valence electrons. The molecule has 0 bridgehead atoms. The number of nitrogens with one attached hydrogen (secondary N) is 1. The van der Waals surface area contributed by atoms with Crippen LogP contribution >= 0.6 is 0 Å². The van der Waals surface area contributed by atoms with Crippen molar-refractivity contribution in [3.8, 4) is 5.75 Å². The van der Waals surface area contributed by atoms with E-state index in [9.17, 15) is 4.79 Å². The Morgan fingerprint density at radius 1 is 1.21 bits per heavy atom. The van der Waals surface area contributed by atoms with Crippen molar-refractivity contribution in [2.24, 2.45) is 0 Å². The van der Waals surface area contributed by atoms with Crippen molar-refractivity contribution in [2.45, 2.75) is 0 Å². The summed E-state index contributed by atoms with van der Waals surface area (Å²) in [4.78, 5) is 16.3. The lowest BCUT2D eigenvalue weighted by Crippen LogP contribution is -2.04. The second-order valence-electron chi connectivity index (χ2n) is 4.55. The maximum absolute atomic E-state index is 11.9. The van der Waals surface area contributed by atoms with E-state index in [0.717, 1.165) is 27.4 Å². The molecule has 3 aromatic rings. The van der Waals surface area contributed by atoms with Gasteiger partial charge in [0, 0.05) is 16.5 Å². The van der Waals surface area contributed by atoms with E-state index in [1.165, 1.54) is 0 Å². The second kappa shape index (κ2) is 3.45. The number of rotatable bonds is 1. The third-order valence-corrected chi connectivity index (χ3v) is 3.53. The molecule has 0 fully saturated rings. The van der Waals surface area contributed by atoms with E-state index in [2.05, 4.69) is 10.3 Å². The first-order valence-electron chi connectivity index (χ1n) is 5.99. The molecule has 1 amide bonds. The molecular weight excluding hydrogens is 240 g/mol. The molecule has 0 spiro atoms. The summed E-state index contributed by atoms with van der Waals surface area (Å²) in [6.07, 6.45) is 1.66. The molecule has 1 aliphatic rings. The molecule has 1 aromatic heterocycles. The number of amides is 1. The summed E-state index contributed by atoms with van der Waals surface area (Å²) in [6, 6.07) is 9.64. The van der Waals surface area contributed by atoms with Crippen molar-refractivity contribution in [3.63, 3.8) is 0 Å². The van der Waals surface area contributed by atoms with Crippen LogP contribution in [-0.4, -0.2) is 18.0 Å². The number of benzene rings is 2. The van der Waals surface area contributed by atoms with Gasteiger partial charge < -0.3 is 10.1 Å². The van der Waals surface area contributed by atoms with E-state index in [0.29, 0.717) is 11.3 Å². The highest BCUT2D eigenvalue weighted by molar-refractivity contribution is 6.28. The number of aromatic nitrogens is 1. The minimum absolute atomic E-state index is 0.0641. The minimum Gasteiger partial charge on any atom is -0.495 e. The molecule has 2 heterocycles. The van der Waals surface area contributed by atoms with Crippen LogP contribution in [0, 0.1) is 0 Å². The van der Waals surface area contributed by atoms with Crippen molar-refractivity contribution in [2.75, 3.05) is 12.4 Å². The van der Waals surface area contributed by atoms with E-state index < -0.39 is 0 Å². The summed E-state index contributed by atoms with van der Waals surface area (Å²) < 4.78 is 5.22. The van der Waals surface area contributed by atoms with Gasteiger partial charge in [0.25, 0.3) is 5.91 Å². The summed E-state index contributed by atoms with van der Waals surface area (Å²) >= 11 is 0. The molecule has 0 saturated heterocycles. The fourth-order valence-electron chi connectivity index (χ4n) is 2.65. The predicted octanol–water partition coefficient (Wildman–Crippen LogP) is 2.96. The fraction of sp³-hybridized carbons (Fsp3) is 0.0667. The van der Waals surface area contributed by atoms with Gasteiger partial charge in [-0.25, -0.2) is 0 Å². The van der Waals surface area contributed by atoms with Crippen LogP contribution < -0.4 is 10.1 Å². The van der Waals surface area contributed by atoms with E-state index in [1.807, 2.05) is 30.3 Å². The van der Waals surface area contributed by atoms with Crippen molar-refractivity contribution < 1.29 is 9.53 Å². The zero-order chi connectivity index (χ0) is 13.0. The Balaban J connectivity index is 2.24. The Morgan fingerprint density at radius 3 is 2.95 bits per heavy atom. The Kier molecular flexibility index (Phi) is 1.87. The number of carbonyl (C=O) groups excluding carboxylic acids is 1. The molecule has 0 saturated carbocycles. The first kappa shape index (κ1) is 10.3. The highest BCUT2D eigenvalue weighted by atomic mass is 16.5. The topological polar surface area (TPSA) is 51.2 Å². The number of hydrogen-bond acceptors (Lipinski definition) is 3. The SMILES string of the molecule is COc1cnc2cc3c4c(cccc4c2c1)NC3=O. The third-order valence-electron chi connectivity index (χ3n) is 3.53. The highest BCUT2D eigenvalue weighted by Gasteiger charge is 2.23. The lowest BCUT2D eigenvalue weighted by atomic mass is 10.0. The van der Waals surface area contributed by atoms with Crippen molar-refractivity contribution >= 4 is 33.3 Å². The number of hydrogen-bond donors (Lipinski definition) is 1. The van der Waals surface area contributed by atoms with E-state index in [1.54, 1.807) is 13.3 Å². The van der Waals surface area contributed by atoms with Gasteiger partial charge in [0.2, 0.25) is 0 Å². The molecular formula is C15H10N2O2. The van der Waals surface area contributed by atoms with Crippen LogP contribution in [0.2, 0.25) is 0 Å². The zero-order valence-electron chi connectivity index (χ0n) is 10.2.